The first-order valence-electron chi connectivity index (χ1n) is 9.32. The lowest BCUT2D eigenvalue weighted by atomic mass is 9.69. The van der Waals surface area contributed by atoms with Crippen LogP contribution in [0.3, 0.4) is 0 Å². The molecule has 2 rings (SSSR count). The van der Waals surface area contributed by atoms with Gasteiger partial charge in [-0.2, -0.15) is 0 Å². The minimum absolute atomic E-state index is 0. The molecule has 0 heterocycles. The highest BCUT2D eigenvalue weighted by atomic mass is 35.5. The van der Waals surface area contributed by atoms with Crippen molar-refractivity contribution in [3.05, 3.63) is 23.8 Å². The van der Waals surface area contributed by atoms with E-state index in [1.54, 1.807) is 14.2 Å². The van der Waals surface area contributed by atoms with Crippen molar-refractivity contribution in [2.75, 3.05) is 20.8 Å². The number of benzene rings is 1. The van der Waals surface area contributed by atoms with Crippen LogP contribution in [0.1, 0.15) is 57.4 Å². The molecule has 1 amide bonds. The van der Waals surface area contributed by atoms with Crippen LogP contribution < -0.4 is 20.5 Å². The van der Waals surface area contributed by atoms with Crippen LogP contribution in [0.25, 0.3) is 0 Å². The van der Waals surface area contributed by atoms with E-state index in [0.717, 1.165) is 37.2 Å². The summed E-state index contributed by atoms with van der Waals surface area (Å²) in [5, 5.41) is 3.11. The highest BCUT2D eigenvalue weighted by Crippen LogP contribution is 2.42. The van der Waals surface area contributed by atoms with E-state index >= 15 is 0 Å². The molecule has 1 aromatic rings. The van der Waals surface area contributed by atoms with E-state index in [4.69, 9.17) is 15.2 Å². The largest absolute Gasteiger partial charge is 0.493 e. The zero-order valence-corrected chi connectivity index (χ0v) is 17.0. The van der Waals surface area contributed by atoms with Gasteiger partial charge in [0, 0.05) is 12.0 Å². The topological polar surface area (TPSA) is 73.6 Å². The zero-order chi connectivity index (χ0) is 18.3. The lowest BCUT2D eigenvalue weighted by molar-refractivity contribution is -0.122. The molecule has 1 fully saturated rings. The summed E-state index contributed by atoms with van der Waals surface area (Å²) in [6.07, 6.45) is 7.34. The average molecular weight is 385 g/mol. The third kappa shape index (κ3) is 5.27. The smallest absolute Gasteiger partial charge is 0.236 e. The maximum absolute atomic E-state index is 12.3. The normalized spacial score (nSPS) is 16.9. The Morgan fingerprint density at radius 1 is 1.19 bits per heavy atom. The Kier molecular flexibility index (Phi) is 9.23. The number of hydrogen-bond donors (Lipinski definition) is 2. The second kappa shape index (κ2) is 10.6. The first-order chi connectivity index (χ1) is 12.1. The van der Waals surface area contributed by atoms with E-state index in [9.17, 15) is 4.79 Å². The van der Waals surface area contributed by atoms with Crippen LogP contribution in [0.4, 0.5) is 0 Å². The van der Waals surface area contributed by atoms with Gasteiger partial charge in [-0.1, -0.05) is 38.7 Å². The van der Waals surface area contributed by atoms with Gasteiger partial charge in [0.15, 0.2) is 11.5 Å². The van der Waals surface area contributed by atoms with Gasteiger partial charge in [0.2, 0.25) is 5.91 Å². The van der Waals surface area contributed by atoms with E-state index in [0.29, 0.717) is 6.54 Å². The lowest BCUT2D eigenvalue weighted by Gasteiger charge is -2.38. The van der Waals surface area contributed by atoms with Crippen LogP contribution in [0.2, 0.25) is 0 Å². The quantitative estimate of drug-likeness (QED) is 0.718. The van der Waals surface area contributed by atoms with Crippen molar-refractivity contribution in [2.45, 2.75) is 63.3 Å². The van der Waals surface area contributed by atoms with Gasteiger partial charge in [-0.05, 0) is 37.0 Å². The number of hydrogen-bond acceptors (Lipinski definition) is 4. The molecule has 0 radical (unpaired) electrons. The minimum Gasteiger partial charge on any atom is -0.493 e. The Bertz CT molecular complexity index is 574. The Morgan fingerprint density at radius 3 is 2.42 bits per heavy atom. The van der Waals surface area contributed by atoms with Crippen LogP contribution in [-0.2, 0) is 10.2 Å². The summed E-state index contributed by atoms with van der Waals surface area (Å²) in [6.45, 7) is 2.66. The van der Waals surface area contributed by atoms with Crippen molar-refractivity contribution in [2.24, 2.45) is 5.73 Å². The Balaban J connectivity index is 0.00000338. The monoisotopic (exact) mass is 384 g/mol. The van der Waals surface area contributed by atoms with Crippen molar-refractivity contribution in [3.63, 3.8) is 0 Å². The number of halogens is 1. The first kappa shape index (κ1) is 22.6. The number of carbonyl (C=O) groups excluding carboxylic acids is 1. The number of nitrogens with two attached hydrogens (primary N) is 1. The molecule has 1 aromatic carbocycles. The SMILES string of the molecule is CCCC(N)C(=O)NCC1(c2ccc(OC)c(OC)c2)CCCCC1.Cl. The number of rotatable bonds is 8. The molecule has 0 saturated heterocycles. The van der Waals surface area contributed by atoms with Gasteiger partial charge in [0.1, 0.15) is 0 Å². The molecular formula is C20H33ClN2O3. The number of amides is 1. The summed E-state index contributed by atoms with van der Waals surface area (Å²) in [5.41, 5.74) is 7.11. The first-order valence-corrected chi connectivity index (χ1v) is 9.32. The van der Waals surface area contributed by atoms with Crippen LogP contribution in [0.15, 0.2) is 18.2 Å². The number of ether oxygens (including phenoxy) is 2. The summed E-state index contributed by atoms with van der Waals surface area (Å²) in [4.78, 5) is 12.3. The second-order valence-corrected chi connectivity index (χ2v) is 7.02. The molecule has 6 heteroatoms. The minimum atomic E-state index is -0.420. The van der Waals surface area contributed by atoms with E-state index < -0.39 is 6.04 Å². The van der Waals surface area contributed by atoms with Crippen molar-refractivity contribution < 1.29 is 14.3 Å². The third-order valence-corrected chi connectivity index (χ3v) is 5.34. The number of carbonyl (C=O) groups is 1. The molecule has 1 atom stereocenters. The van der Waals surface area contributed by atoms with E-state index in [2.05, 4.69) is 17.4 Å². The van der Waals surface area contributed by atoms with Crippen molar-refractivity contribution in [1.82, 2.24) is 5.32 Å². The molecule has 0 aliphatic heterocycles. The van der Waals surface area contributed by atoms with Crippen molar-refractivity contribution in [1.29, 1.82) is 0 Å². The van der Waals surface area contributed by atoms with Crippen LogP contribution in [0.5, 0.6) is 11.5 Å². The van der Waals surface area contributed by atoms with E-state index in [-0.39, 0.29) is 23.7 Å². The second-order valence-electron chi connectivity index (χ2n) is 7.02. The summed E-state index contributed by atoms with van der Waals surface area (Å²) < 4.78 is 10.8. The Labute approximate surface area is 163 Å². The molecule has 1 unspecified atom stereocenters. The maximum Gasteiger partial charge on any atom is 0.236 e. The molecule has 148 valence electrons. The molecule has 5 nitrogen and oxygen atoms in total. The highest BCUT2D eigenvalue weighted by molar-refractivity contribution is 5.85. The van der Waals surface area contributed by atoms with Crippen molar-refractivity contribution in [3.8, 4) is 11.5 Å². The van der Waals surface area contributed by atoms with Crippen molar-refractivity contribution >= 4 is 18.3 Å². The predicted octanol–water partition coefficient (Wildman–Crippen LogP) is 3.57. The van der Waals surface area contributed by atoms with Gasteiger partial charge < -0.3 is 20.5 Å². The standard InChI is InChI=1S/C20H32N2O3.ClH/c1-4-8-16(21)19(23)22-14-20(11-6-5-7-12-20)15-9-10-17(24-2)18(13-15)25-3;/h9-10,13,16H,4-8,11-12,14,21H2,1-3H3,(H,22,23);1H. The Morgan fingerprint density at radius 2 is 1.85 bits per heavy atom. The molecule has 1 aliphatic carbocycles. The fraction of sp³-hybridized carbons (Fsp3) is 0.650. The van der Waals surface area contributed by atoms with Crippen LogP contribution >= 0.6 is 12.4 Å². The van der Waals surface area contributed by atoms with Crippen LogP contribution in [-0.4, -0.2) is 32.7 Å². The van der Waals surface area contributed by atoms with Gasteiger partial charge in [0.05, 0.1) is 20.3 Å². The maximum atomic E-state index is 12.3. The summed E-state index contributed by atoms with van der Waals surface area (Å²) in [7, 11) is 3.30. The molecule has 26 heavy (non-hydrogen) atoms. The molecule has 0 aromatic heterocycles. The highest BCUT2D eigenvalue weighted by Gasteiger charge is 2.35. The van der Waals surface area contributed by atoms with Gasteiger partial charge in [0.25, 0.3) is 0 Å². The predicted molar refractivity (Wildman–Crippen MR) is 107 cm³/mol. The van der Waals surface area contributed by atoms with Gasteiger partial charge in [-0.3, -0.25) is 4.79 Å². The molecule has 3 N–H and O–H groups in total. The Hall–Kier alpha value is -1.46. The molecule has 1 saturated carbocycles. The van der Waals surface area contributed by atoms with Gasteiger partial charge >= 0.3 is 0 Å². The zero-order valence-electron chi connectivity index (χ0n) is 16.2. The van der Waals surface area contributed by atoms with E-state index in [1.807, 2.05) is 13.0 Å². The van der Waals surface area contributed by atoms with E-state index in [1.165, 1.54) is 24.8 Å². The van der Waals surface area contributed by atoms with Crippen LogP contribution in [0, 0.1) is 0 Å². The van der Waals surface area contributed by atoms with Gasteiger partial charge in [-0.15, -0.1) is 12.4 Å². The summed E-state index contributed by atoms with van der Waals surface area (Å²) in [6, 6.07) is 5.69. The molecule has 1 aliphatic rings. The molecule has 0 spiro atoms. The number of nitrogens with one attached hydrogen (secondary N) is 1. The average Bonchev–Trinajstić information content (AvgIpc) is 2.66. The molecule has 0 bridgehead atoms. The third-order valence-electron chi connectivity index (χ3n) is 5.34. The summed E-state index contributed by atoms with van der Waals surface area (Å²) >= 11 is 0. The van der Waals surface area contributed by atoms with Gasteiger partial charge in [-0.25, -0.2) is 0 Å². The molecular weight excluding hydrogens is 352 g/mol. The fourth-order valence-electron chi connectivity index (χ4n) is 3.79. The summed E-state index contributed by atoms with van der Waals surface area (Å²) in [5.74, 6) is 1.41. The lowest BCUT2D eigenvalue weighted by Crippen LogP contribution is -2.47. The number of methoxy groups -OCH3 is 2. The fourth-order valence-corrected chi connectivity index (χ4v) is 3.79.